The molecule has 0 spiro atoms. The van der Waals surface area contributed by atoms with Gasteiger partial charge in [0.15, 0.2) is 0 Å². The van der Waals surface area contributed by atoms with Crippen LogP contribution in [0.15, 0.2) is 18.2 Å². The molecule has 4 heteroatoms. The molecule has 0 aliphatic rings. The molecule has 1 rings (SSSR count). The molecule has 0 bridgehead atoms. The van der Waals surface area contributed by atoms with Gasteiger partial charge in [0, 0.05) is 19.0 Å². The van der Waals surface area contributed by atoms with Gasteiger partial charge in [0.05, 0.1) is 5.02 Å². The van der Waals surface area contributed by atoms with Crippen molar-refractivity contribution in [1.82, 2.24) is 5.32 Å². The highest BCUT2D eigenvalue weighted by Crippen LogP contribution is 2.17. The average Bonchev–Trinajstić information content (AvgIpc) is 2.23. The zero-order chi connectivity index (χ0) is 12.2. The molecule has 1 aromatic rings. The van der Waals surface area contributed by atoms with Crippen LogP contribution < -0.4 is 5.32 Å². The molecule has 0 aliphatic carbocycles. The minimum atomic E-state index is -0.383. The molecule has 1 N–H and O–H groups in total. The van der Waals surface area contributed by atoms with Crippen LogP contribution >= 0.6 is 23.2 Å². The van der Waals surface area contributed by atoms with Crippen molar-refractivity contribution in [3.05, 3.63) is 34.6 Å². The summed E-state index contributed by atoms with van der Waals surface area (Å²) in [5, 5.41) is 3.44. The molecule has 0 amide bonds. The van der Waals surface area contributed by atoms with Gasteiger partial charge in [-0.2, -0.15) is 0 Å². The summed E-state index contributed by atoms with van der Waals surface area (Å²) in [6, 6.07) is 4.74. The van der Waals surface area contributed by atoms with E-state index in [1.54, 1.807) is 12.1 Å². The fourth-order valence-corrected chi connectivity index (χ4v) is 1.54. The summed E-state index contributed by atoms with van der Waals surface area (Å²) >= 11 is 11.5. The SMILES string of the molecule is CC(C)(CCl)CNCc1ccc(F)c(Cl)c1. The lowest BCUT2D eigenvalue weighted by atomic mass is 9.96. The van der Waals surface area contributed by atoms with Crippen LogP contribution in [0.2, 0.25) is 5.02 Å². The molecule has 1 nitrogen and oxygen atoms in total. The van der Waals surface area contributed by atoms with Gasteiger partial charge in [-0.05, 0) is 23.1 Å². The maximum absolute atomic E-state index is 12.9. The van der Waals surface area contributed by atoms with Crippen molar-refractivity contribution in [3.8, 4) is 0 Å². The first-order valence-corrected chi connectivity index (χ1v) is 6.06. The number of hydrogen-bond donors (Lipinski definition) is 1. The third-order valence-corrected chi connectivity index (χ3v) is 3.29. The van der Waals surface area contributed by atoms with E-state index in [9.17, 15) is 4.39 Å². The minimum absolute atomic E-state index is 0.0609. The maximum atomic E-state index is 12.9. The van der Waals surface area contributed by atoms with Gasteiger partial charge < -0.3 is 5.32 Å². The quantitative estimate of drug-likeness (QED) is 0.797. The molecule has 0 aromatic heterocycles. The van der Waals surface area contributed by atoms with Gasteiger partial charge in [-0.25, -0.2) is 4.39 Å². The maximum Gasteiger partial charge on any atom is 0.141 e. The zero-order valence-electron chi connectivity index (χ0n) is 9.49. The molecule has 0 unspecified atom stereocenters. The van der Waals surface area contributed by atoms with Gasteiger partial charge in [0.2, 0.25) is 0 Å². The highest BCUT2D eigenvalue weighted by atomic mass is 35.5. The standard InChI is InChI=1S/C12H16Cl2FN/c1-12(2,7-13)8-16-6-9-3-4-11(15)10(14)5-9/h3-5,16H,6-8H2,1-2H3. The summed E-state index contributed by atoms with van der Waals surface area (Å²) in [5.41, 5.74) is 1.03. The second-order valence-corrected chi connectivity index (χ2v) is 5.32. The van der Waals surface area contributed by atoms with Crippen LogP contribution in [-0.4, -0.2) is 12.4 Å². The average molecular weight is 264 g/mol. The first-order valence-electron chi connectivity index (χ1n) is 5.15. The molecule has 1 aromatic carbocycles. The van der Waals surface area contributed by atoms with Gasteiger partial charge >= 0.3 is 0 Å². The summed E-state index contributed by atoms with van der Waals surface area (Å²) in [4.78, 5) is 0. The van der Waals surface area contributed by atoms with E-state index in [-0.39, 0.29) is 16.3 Å². The van der Waals surface area contributed by atoms with Gasteiger partial charge in [-0.15, -0.1) is 11.6 Å². The first kappa shape index (κ1) is 13.8. The van der Waals surface area contributed by atoms with Crippen molar-refractivity contribution in [1.29, 1.82) is 0 Å². The topological polar surface area (TPSA) is 12.0 Å². The van der Waals surface area contributed by atoms with Crippen molar-refractivity contribution >= 4 is 23.2 Å². The Hall–Kier alpha value is -0.310. The predicted molar refractivity (Wildman–Crippen MR) is 67.6 cm³/mol. The molecule has 0 radical (unpaired) electrons. The molecule has 0 aliphatic heterocycles. The van der Waals surface area contributed by atoms with Crippen LogP contribution in [0.1, 0.15) is 19.4 Å². The molecular weight excluding hydrogens is 248 g/mol. The Labute approximate surface area is 106 Å². The highest BCUT2D eigenvalue weighted by molar-refractivity contribution is 6.30. The molecule has 0 atom stereocenters. The van der Waals surface area contributed by atoms with Crippen molar-refractivity contribution in [2.24, 2.45) is 5.41 Å². The molecule has 16 heavy (non-hydrogen) atoms. The third kappa shape index (κ3) is 4.28. The smallest absolute Gasteiger partial charge is 0.141 e. The van der Waals surface area contributed by atoms with E-state index in [1.807, 2.05) is 0 Å². The van der Waals surface area contributed by atoms with E-state index in [4.69, 9.17) is 23.2 Å². The lowest BCUT2D eigenvalue weighted by molar-refractivity contribution is 0.385. The first-order chi connectivity index (χ1) is 7.44. The number of rotatable bonds is 5. The third-order valence-electron chi connectivity index (χ3n) is 2.28. The second kappa shape index (κ2) is 5.85. The predicted octanol–water partition coefficient (Wildman–Crippen LogP) is 3.83. The Morgan fingerprint density at radius 1 is 1.38 bits per heavy atom. The van der Waals surface area contributed by atoms with Crippen LogP contribution in [0.5, 0.6) is 0 Å². The lowest BCUT2D eigenvalue weighted by Gasteiger charge is -2.21. The Bertz CT molecular complexity index is 353. The number of alkyl halides is 1. The number of hydrogen-bond acceptors (Lipinski definition) is 1. The van der Waals surface area contributed by atoms with Crippen LogP contribution in [0.25, 0.3) is 0 Å². The fourth-order valence-electron chi connectivity index (χ4n) is 1.24. The van der Waals surface area contributed by atoms with Crippen molar-refractivity contribution in [2.75, 3.05) is 12.4 Å². The largest absolute Gasteiger partial charge is 0.312 e. The normalized spacial score (nSPS) is 11.8. The van der Waals surface area contributed by atoms with Crippen LogP contribution in [0.3, 0.4) is 0 Å². The Morgan fingerprint density at radius 3 is 2.62 bits per heavy atom. The minimum Gasteiger partial charge on any atom is -0.312 e. The summed E-state index contributed by atoms with van der Waals surface area (Å²) in [5.74, 6) is 0.218. The van der Waals surface area contributed by atoms with Crippen molar-refractivity contribution in [2.45, 2.75) is 20.4 Å². The van der Waals surface area contributed by atoms with Crippen molar-refractivity contribution < 1.29 is 4.39 Å². The monoisotopic (exact) mass is 263 g/mol. The zero-order valence-corrected chi connectivity index (χ0v) is 11.0. The van der Waals surface area contributed by atoms with Crippen LogP contribution in [0, 0.1) is 11.2 Å². The Balaban J connectivity index is 2.46. The van der Waals surface area contributed by atoms with Gasteiger partial charge in [0.1, 0.15) is 5.82 Å². The summed E-state index contributed by atoms with van der Waals surface area (Å²) in [7, 11) is 0. The van der Waals surface area contributed by atoms with Gasteiger partial charge in [0.25, 0.3) is 0 Å². The molecule has 0 saturated carbocycles. The van der Waals surface area contributed by atoms with E-state index in [0.717, 1.165) is 12.1 Å². The van der Waals surface area contributed by atoms with E-state index in [2.05, 4.69) is 19.2 Å². The van der Waals surface area contributed by atoms with Crippen LogP contribution in [0.4, 0.5) is 4.39 Å². The second-order valence-electron chi connectivity index (χ2n) is 4.65. The fraction of sp³-hybridized carbons (Fsp3) is 0.500. The van der Waals surface area contributed by atoms with Crippen LogP contribution in [-0.2, 0) is 6.54 Å². The Morgan fingerprint density at radius 2 is 2.06 bits per heavy atom. The van der Waals surface area contributed by atoms with Crippen molar-refractivity contribution in [3.63, 3.8) is 0 Å². The van der Waals surface area contributed by atoms with Gasteiger partial charge in [-0.1, -0.05) is 31.5 Å². The molecular formula is C12H16Cl2FN. The van der Waals surface area contributed by atoms with E-state index >= 15 is 0 Å². The molecule has 0 fully saturated rings. The highest BCUT2D eigenvalue weighted by Gasteiger charge is 2.15. The summed E-state index contributed by atoms with van der Waals surface area (Å²) < 4.78 is 12.9. The summed E-state index contributed by atoms with van der Waals surface area (Å²) in [6.07, 6.45) is 0. The van der Waals surface area contributed by atoms with E-state index in [0.29, 0.717) is 12.4 Å². The lowest BCUT2D eigenvalue weighted by Crippen LogP contribution is -2.30. The molecule has 0 heterocycles. The number of benzene rings is 1. The van der Waals surface area contributed by atoms with Gasteiger partial charge in [-0.3, -0.25) is 0 Å². The molecule has 0 saturated heterocycles. The number of nitrogens with one attached hydrogen (secondary N) is 1. The number of halogens is 3. The Kier molecular flexibility index (Phi) is 5.03. The molecule has 90 valence electrons. The summed E-state index contributed by atoms with van der Waals surface area (Å²) in [6.45, 7) is 5.65. The van der Waals surface area contributed by atoms with E-state index in [1.165, 1.54) is 6.07 Å². The van der Waals surface area contributed by atoms with E-state index < -0.39 is 0 Å².